The molecule has 0 bridgehead atoms. The van der Waals surface area contributed by atoms with E-state index in [-0.39, 0.29) is 12.5 Å². The van der Waals surface area contributed by atoms with E-state index in [9.17, 15) is 9.59 Å². The summed E-state index contributed by atoms with van der Waals surface area (Å²) < 4.78 is 0. The molecule has 7 heteroatoms. The van der Waals surface area contributed by atoms with Crippen molar-refractivity contribution in [2.75, 3.05) is 0 Å². The molecule has 6 nitrogen and oxygen atoms in total. The Bertz CT molecular complexity index is 1020. The van der Waals surface area contributed by atoms with Crippen LogP contribution in [0.1, 0.15) is 18.3 Å². The number of hydrogen-bond acceptors (Lipinski definition) is 4. The highest BCUT2D eigenvalue weighted by Crippen LogP contribution is 2.29. The van der Waals surface area contributed by atoms with Crippen molar-refractivity contribution in [3.05, 3.63) is 71.3 Å². The van der Waals surface area contributed by atoms with Crippen LogP contribution in [-0.2, 0) is 16.9 Å². The van der Waals surface area contributed by atoms with Crippen LogP contribution < -0.4 is 5.32 Å². The van der Waals surface area contributed by atoms with Crippen LogP contribution in [0.3, 0.4) is 0 Å². The molecule has 0 radical (unpaired) electrons. The van der Waals surface area contributed by atoms with Gasteiger partial charge in [0.1, 0.15) is 5.15 Å². The number of carbonyl (C=O) groups is 2. The van der Waals surface area contributed by atoms with Crippen LogP contribution in [0.25, 0.3) is 10.8 Å². The van der Waals surface area contributed by atoms with E-state index in [1.54, 1.807) is 31.3 Å². The first-order valence-electron chi connectivity index (χ1n) is 8.09. The Balaban J connectivity index is 1.67. The molecule has 1 saturated heterocycles. The van der Waals surface area contributed by atoms with Gasteiger partial charge in [-0.25, -0.2) is 9.78 Å². The number of aromatic nitrogens is 2. The Hall–Kier alpha value is -2.99. The Labute approximate surface area is 154 Å². The zero-order chi connectivity index (χ0) is 18.3. The minimum atomic E-state index is -1.20. The molecular weight excluding hydrogens is 352 g/mol. The summed E-state index contributed by atoms with van der Waals surface area (Å²) in [4.78, 5) is 35.1. The number of carbonyl (C=O) groups excluding carboxylic acids is 2. The smallest absolute Gasteiger partial charge is 0.318 e. The van der Waals surface area contributed by atoms with Crippen LogP contribution in [0, 0.1) is 0 Å². The van der Waals surface area contributed by atoms with Crippen molar-refractivity contribution in [3.8, 4) is 0 Å². The molecule has 1 fully saturated rings. The molecule has 2 aromatic heterocycles. The van der Waals surface area contributed by atoms with E-state index in [2.05, 4.69) is 15.3 Å². The highest BCUT2D eigenvalue weighted by Gasteiger charge is 2.50. The Morgan fingerprint density at radius 3 is 2.69 bits per heavy atom. The van der Waals surface area contributed by atoms with E-state index >= 15 is 0 Å². The van der Waals surface area contributed by atoms with Crippen molar-refractivity contribution in [1.29, 1.82) is 0 Å². The number of hydrogen-bond donors (Lipinski definition) is 1. The molecule has 3 aromatic rings. The fourth-order valence-electron chi connectivity index (χ4n) is 3.12. The maximum absolute atomic E-state index is 12.9. The van der Waals surface area contributed by atoms with Gasteiger partial charge in [-0.3, -0.25) is 14.7 Å². The van der Waals surface area contributed by atoms with Crippen LogP contribution in [0.15, 0.2) is 54.7 Å². The van der Waals surface area contributed by atoms with Gasteiger partial charge in [0.2, 0.25) is 0 Å². The third-order valence-corrected chi connectivity index (χ3v) is 4.81. The molecular formula is C19H15ClN4O2. The summed E-state index contributed by atoms with van der Waals surface area (Å²) in [6.45, 7) is 1.69. The van der Waals surface area contributed by atoms with Gasteiger partial charge >= 0.3 is 6.03 Å². The van der Waals surface area contributed by atoms with Crippen molar-refractivity contribution >= 4 is 34.3 Å². The quantitative estimate of drug-likeness (QED) is 0.570. The molecule has 1 N–H and O–H groups in total. The van der Waals surface area contributed by atoms with E-state index in [0.717, 1.165) is 15.7 Å². The normalized spacial score (nSPS) is 19.8. The molecule has 1 aromatic carbocycles. The molecule has 1 unspecified atom stereocenters. The summed E-state index contributed by atoms with van der Waals surface area (Å²) in [5, 5.41) is 4.81. The van der Waals surface area contributed by atoms with Crippen molar-refractivity contribution in [2.24, 2.45) is 0 Å². The van der Waals surface area contributed by atoms with E-state index in [0.29, 0.717) is 16.5 Å². The van der Waals surface area contributed by atoms with Gasteiger partial charge in [-0.05, 0) is 30.5 Å². The molecule has 130 valence electrons. The summed E-state index contributed by atoms with van der Waals surface area (Å²) in [7, 11) is 0. The van der Waals surface area contributed by atoms with Crippen molar-refractivity contribution < 1.29 is 9.59 Å². The zero-order valence-corrected chi connectivity index (χ0v) is 14.7. The van der Waals surface area contributed by atoms with Crippen LogP contribution in [0.4, 0.5) is 4.79 Å². The van der Waals surface area contributed by atoms with Gasteiger partial charge in [0, 0.05) is 11.6 Å². The van der Waals surface area contributed by atoms with Gasteiger partial charge in [-0.1, -0.05) is 41.9 Å². The molecule has 1 aliphatic rings. The van der Waals surface area contributed by atoms with Crippen molar-refractivity contribution in [2.45, 2.75) is 19.0 Å². The van der Waals surface area contributed by atoms with E-state index in [1.807, 2.05) is 30.3 Å². The monoisotopic (exact) mass is 366 g/mol. The van der Waals surface area contributed by atoms with Crippen molar-refractivity contribution in [1.82, 2.24) is 20.2 Å². The molecule has 0 aliphatic carbocycles. The molecule has 26 heavy (non-hydrogen) atoms. The first-order chi connectivity index (χ1) is 12.5. The Morgan fingerprint density at radius 2 is 1.92 bits per heavy atom. The predicted molar refractivity (Wildman–Crippen MR) is 97.4 cm³/mol. The maximum Gasteiger partial charge on any atom is 0.325 e. The second-order valence-electron chi connectivity index (χ2n) is 6.29. The average Bonchev–Trinajstić information content (AvgIpc) is 2.87. The van der Waals surface area contributed by atoms with E-state index in [4.69, 9.17) is 11.6 Å². The lowest BCUT2D eigenvalue weighted by Crippen LogP contribution is -2.41. The lowest BCUT2D eigenvalue weighted by Gasteiger charge is -2.20. The number of benzene rings is 1. The number of pyridine rings is 2. The van der Waals surface area contributed by atoms with Crippen LogP contribution >= 0.6 is 11.6 Å². The largest absolute Gasteiger partial charge is 0.325 e. The van der Waals surface area contributed by atoms with Gasteiger partial charge in [0.05, 0.1) is 17.9 Å². The van der Waals surface area contributed by atoms with Crippen LogP contribution in [0.2, 0.25) is 5.15 Å². The van der Waals surface area contributed by atoms with Crippen LogP contribution in [-0.4, -0.2) is 26.8 Å². The third kappa shape index (κ3) is 2.59. The summed E-state index contributed by atoms with van der Waals surface area (Å²) in [6.07, 6.45) is 1.59. The van der Waals surface area contributed by atoms with E-state index in [1.165, 1.54) is 0 Å². The minimum Gasteiger partial charge on any atom is -0.318 e. The first kappa shape index (κ1) is 16.5. The van der Waals surface area contributed by atoms with Gasteiger partial charge in [0.15, 0.2) is 5.54 Å². The number of nitrogens with one attached hydrogen (secondary N) is 1. The fraction of sp³-hybridized carbons (Fsp3) is 0.158. The fourth-order valence-corrected chi connectivity index (χ4v) is 3.41. The summed E-state index contributed by atoms with van der Waals surface area (Å²) >= 11 is 6.25. The number of rotatable bonds is 3. The summed E-state index contributed by atoms with van der Waals surface area (Å²) in [6, 6.07) is 14.2. The van der Waals surface area contributed by atoms with Crippen LogP contribution in [0.5, 0.6) is 0 Å². The second kappa shape index (κ2) is 6.07. The number of amides is 3. The standard InChI is InChI=1S/C19H15ClN4O2/c1-19(15-8-4-5-9-21-15)17(25)24(18(26)23-19)11-13-10-12-6-2-3-7-14(12)16(20)22-13/h2-10H,11H2,1H3,(H,23,26). The lowest BCUT2D eigenvalue weighted by atomic mass is 9.97. The second-order valence-corrected chi connectivity index (χ2v) is 6.64. The third-order valence-electron chi connectivity index (χ3n) is 4.52. The number of halogens is 1. The molecule has 3 heterocycles. The molecule has 1 aliphatic heterocycles. The van der Waals surface area contributed by atoms with Gasteiger partial charge in [-0.2, -0.15) is 0 Å². The predicted octanol–water partition coefficient (Wildman–Crippen LogP) is 3.25. The topological polar surface area (TPSA) is 75.2 Å². The molecule has 4 rings (SSSR count). The highest BCUT2D eigenvalue weighted by atomic mass is 35.5. The highest BCUT2D eigenvalue weighted by molar-refractivity contribution is 6.34. The lowest BCUT2D eigenvalue weighted by molar-refractivity contribution is -0.131. The zero-order valence-electron chi connectivity index (χ0n) is 13.9. The maximum atomic E-state index is 12.9. The molecule has 0 spiro atoms. The molecule has 1 atom stereocenters. The average molecular weight is 367 g/mol. The van der Waals surface area contributed by atoms with Crippen molar-refractivity contribution in [3.63, 3.8) is 0 Å². The van der Waals surface area contributed by atoms with E-state index < -0.39 is 11.6 Å². The van der Waals surface area contributed by atoms with Gasteiger partial charge in [0.25, 0.3) is 5.91 Å². The number of fused-ring (bicyclic) bond motifs is 1. The summed E-state index contributed by atoms with van der Waals surface area (Å²) in [5.74, 6) is -0.368. The Morgan fingerprint density at radius 1 is 1.15 bits per heavy atom. The molecule has 3 amide bonds. The number of urea groups is 1. The summed E-state index contributed by atoms with van der Waals surface area (Å²) in [5.41, 5.74) is -0.160. The molecule has 0 saturated carbocycles. The van der Waals surface area contributed by atoms with Gasteiger partial charge in [-0.15, -0.1) is 0 Å². The number of nitrogens with zero attached hydrogens (tertiary/aromatic N) is 3. The van der Waals surface area contributed by atoms with Gasteiger partial charge < -0.3 is 5.32 Å². The Kier molecular flexibility index (Phi) is 3.85. The first-order valence-corrected chi connectivity index (χ1v) is 8.46. The SMILES string of the molecule is CC1(c2ccccn2)NC(=O)N(Cc2cc3ccccc3c(Cl)n2)C1=O. The minimum absolute atomic E-state index is 0.0393. The number of imide groups is 1.